The average molecular weight is 353 g/mol. The minimum Gasteiger partial charge on any atom is -0.325 e. The molecule has 0 atom stereocenters. The Labute approximate surface area is 108 Å². The van der Waals surface area contributed by atoms with E-state index in [1.165, 1.54) is 23.0 Å². The van der Waals surface area contributed by atoms with Crippen molar-refractivity contribution in [1.29, 1.82) is 0 Å². The fraction of sp³-hybridized carbons (Fsp3) is 0.222. The van der Waals surface area contributed by atoms with Gasteiger partial charge in [-0.3, -0.25) is 10.1 Å². The number of rotatable bonds is 3. The van der Waals surface area contributed by atoms with Gasteiger partial charge in [-0.2, -0.15) is 0 Å². The first-order valence-corrected chi connectivity index (χ1v) is 5.64. The Bertz CT molecular complexity index is 585. The highest BCUT2D eigenvalue weighted by Crippen LogP contribution is 2.30. The van der Waals surface area contributed by atoms with Gasteiger partial charge >= 0.3 is 0 Å². The van der Waals surface area contributed by atoms with E-state index in [2.05, 4.69) is 4.98 Å². The predicted molar refractivity (Wildman–Crippen MR) is 65.1 cm³/mol. The number of aromatic nitrogens is 2. The minimum atomic E-state index is -2.53. The molecule has 0 fully saturated rings. The fourth-order valence-electron chi connectivity index (χ4n) is 1.59. The number of hydrogen-bond donors (Lipinski definition) is 0. The maximum absolute atomic E-state index is 12.3. The van der Waals surface area contributed by atoms with Crippen LogP contribution in [-0.2, 0) is 6.54 Å². The highest BCUT2D eigenvalue weighted by Gasteiger charge is 2.20. The second-order valence-electron chi connectivity index (χ2n) is 3.31. The van der Waals surface area contributed by atoms with E-state index in [-0.39, 0.29) is 11.3 Å². The van der Waals surface area contributed by atoms with Crippen LogP contribution in [0.3, 0.4) is 0 Å². The van der Waals surface area contributed by atoms with E-state index in [9.17, 15) is 18.9 Å². The largest absolute Gasteiger partial charge is 0.325 e. The third kappa shape index (κ3) is 2.21. The Balaban J connectivity index is 2.68. The van der Waals surface area contributed by atoms with E-state index >= 15 is 0 Å². The second kappa shape index (κ2) is 4.51. The quantitative estimate of drug-likeness (QED) is 0.484. The molecule has 2 aromatic heterocycles. The van der Waals surface area contributed by atoms with Crippen molar-refractivity contribution in [1.82, 2.24) is 9.55 Å². The lowest BCUT2D eigenvalue weighted by Gasteiger charge is -2.02. The highest BCUT2D eigenvalue weighted by molar-refractivity contribution is 14.1. The zero-order valence-electron chi connectivity index (χ0n) is 8.31. The summed E-state index contributed by atoms with van der Waals surface area (Å²) in [6.45, 7) is -0.520. The molecule has 5 nitrogen and oxygen atoms in total. The molecule has 0 aromatic carbocycles. The van der Waals surface area contributed by atoms with Gasteiger partial charge in [-0.1, -0.05) is 0 Å². The lowest BCUT2D eigenvalue weighted by atomic mass is 10.3. The van der Waals surface area contributed by atoms with Gasteiger partial charge in [0.05, 0.1) is 11.5 Å². The number of alkyl halides is 2. The van der Waals surface area contributed by atoms with Crippen LogP contribution in [0.1, 0.15) is 0 Å². The summed E-state index contributed by atoms with van der Waals surface area (Å²) in [7, 11) is 0. The number of hydrogen-bond acceptors (Lipinski definition) is 3. The van der Waals surface area contributed by atoms with Gasteiger partial charge in [0, 0.05) is 22.0 Å². The molecule has 2 rings (SSSR count). The van der Waals surface area contributed by atoms with Gasteiger partial charge in [0.15, 0.2) is 0 Å². The zero-order valence-corrected chi connectivity index (χ0v) is 10.5. The van der Waals surface area contributed by atoms with E-state index in [0.29, 0.717) is 8.96 Å². The van der Waals surface area contributed by atoms with Gasteiger partial charge in [-0.05, 0) is 22.6 Å². The first kappa shape index (κ1) is 12.1. The minimum absolute atomic E-state index is 0.118. The molecule has 0 radical (unpaired) electrons. The topological polar surface area (TPSA) is 61.0 Å². The Kier molecular flexibility index (Phi) is 3.22. The Morgan fingerprint density at radius 2 is 2.29 bits per heavy atom. The normalized spacial score (nSPS) is 11.3. The lowest BCUT2D eigenvalue weighted by Crippen LogP contribution is -2.05. The van der Waals surface area contributed by atoms with Crippen LogP contribution in [0.2, 0.25) is 0 Å². The van der Waals surface area contributed by atoms with Gasteiger partial charge < -0.3 is 4.57 Å². The number of nitro groups is 1. The molecule has 17 heavy (non-hydrogen) atoms. The summed E-state index contributed by atoms with van der Waals surface area (Å²) in [5, 5.41) is 11.1. The summed E-state index contributed by atoms with van der Waals surface area (Å²) in [6.07, 6.45) is 0.165. The molecule has 2 aromatic rings. The molecule has 90 valence electrons. The molecule has 0 aliphatic heterocycles. The van der Waals surface area contributed by atoms with Crippen LogP contribution in [-0.4, -0.2) is 20.9 Å². The Morgan fingerprint density at radius 3 is 2.88 bits per heavy atom. The lowest BCUT2D eigenvalue weighted by molar-refractivity contribution is -0.383. The van der Waals surface area contributed by atoms with E-state index in [1.807, 2.05) is 22.6 Å². The maximum atomic E-state index is 12.3. The fourth-order valence-corrected chi connectivity index (χ4v) is 2.44. The SMILES string of the molecule is O=[N+]([O-])c1ccnc2c1c(I)cn2CC(F)F. The van der Waals surface area contributed by atoms with Crippen molar-refractivity contribution in [2.45, 2.75) is 13.0 Å². The van der Waals surface area contributed by atoms with Gasteiger partial charge in [-0.15, -0.1) is 0 Å². The molecule has 0 amide bonds. The molecule has 0 aliphatic carbocycles. The zero-order chi connectivity index (χ0) is 12.6. The molecule has 0 N–H and O–H groups in total. The van der Waals surface area contributed by atoms with Crippen LogP contribution in [0.25, 0.3) is 11.0 Å². The highest BCUT2D eigenvalue weighted by atomic mass is 127. The summed E-state index contributed by atoms with van der Waals surface area (Å²) < 4.78 is 26.4. The monoisotopic (exact) mass is 353 g/mol. The molecule has 2 heterocycles. The van der Waals surface area contributed by atoms with Crippen LogP contribution in [0.4, 0.5) is 14.5 Å². The van der Waals surface area contributed by atoms with Crippen LogP contribution in [0.5, 0.6) is 0 Å². The van der Waals surface area contributed by atoms with Crippen molar-refractivity contribution < 1.29 is 13.7 Å². The summed E-state index contributed by atoms with van der Waals surface area (Å²) in [4.78, 5) is 14.2. The van der Waals surface area contributed by atoms with Crippen molar-refractivity contribution in [2.75, 3.05) is 0 Å². The summed E-state index contributed by atoms with van der Waals surface area (Å²) in [5.41, 5.74) is 0.0938. The molecule has 0 unspecified atom stereocenters. The van der Waals surface area contributed by atoms with Crippen molar-refractivity contribution >= 4 is 39.3 Å². The van der Waals surface area contributed by atoms with E-state index in [4.69, 9.17) is 0 Å². The van der Waals surface area contributed by atoms with Gasteiger partial charge in [0.25, 0.3) is 12.1 Å². The third-order valence-corrected chi connectivity index (χ3v) is 3.04. The second-order valence-corrected chi connectivity index (χ2v) is 4.47. The van der Waals surface area contributed by atoms with Crippen LogP contribution in [0.15, 0.2) is 18.5 Å². The smallest absolute Gasteiger partial charge is 0.283 e. The van der Waals surface area contributed by atoms with Gasteiger partial charge in [0.2, 0.25) is 0 Å². The molecule has 0 spiro atoms. The Morgan fingerprint density at radius 1 is 1.59 bits per heavy atom. The molecule has 0 aliphatic rings. The van der Waals surface area contributed by atoms with Crippen LogP contribution < -0.4 is 0 Å². The number of halogens is 3. The van der Waals surface area contributed by atoms with Crippen molar-refractivity contribution in [3.63, 3.8) is 0 Å². The molecule has 8 heteroatoms. The summed E-state index contributed by atoms with van der Waals surface area (Å²) in [5.74, 6) is 0. The van der Waals surface area contributed by atoms with Crippen LogP contribution in [0, 0.1) is 13.7 Å². The van der Waals surface area contributed by atoms with E-state index in [0.717, 1.165) is 0 Å². The number of fused-ring (bicyclic) bond motifs is 1. The number of nitrogens with zero attached hydrogens (tertiary/aromatic N) is 3. The molecule has 0 bridgehead atoms. The molecule has 0 saturated carbocycles. The van der Waals surface area contributed by atoms with Gasteiger partial charge in [-0.25, -0.2) is 13.8 Å². The molecule has 0 saturated heterocycles. The Hall–Kier alpha value is -1.32. The maximum Gasteiger partial charge on any atom is 0.283 e. The van der Waals surface area contributed by atoms with Crippen molar-refractivity contribution in [3.05, 3.63) is 32.1 Å². The average Bonchev–Trinajstić information content (AvgIpc) is 2.55. The molecular weight excluding hydrogens is 347 g/mol. The van der Waals surface area contributed by atoms with E-state index in [1.54, 1.807) is 0 Å². The predicted octanol–water partition coefficient (Wildman–Crippen LogP) is 2.81. The van der Waals surface area contributed by atoms with Crippen LogP contribution >= 0.6 is 22.6 Å². The van der Waals surface area contributed by atoms with E-state index < -0.39 is 17.9 Å². The standard InChI is InChI=1S/C9H6F2IN3O2/c10-7(11)4-14-3-5(12)8-6(15(16)17)1-2-13-9(8)14/h1-3,7H,4H2. The summed E-state index contributed by atoms with van der Waals surface area (Å²) in [6, 6.07) is 1.26. The molecular formula is C9H6F2IN3O2. The number of pyridine rings is 1. The van der Waals surface area contributed by atoms with Crippen molar-refractivity contribution in [2.24, 2.45) is 0 Å². The van der Waals surface area contributed by atoms with Crippen molar-refractivity contribution in [3.8, 4) is 0 Å². The first-order chi connectivity index (χ1) is 8.00. The first-order valence-electron chi connectivity index (χ1n) is 4.56. The van der Waals surface area contributed by atoms with Gasteiger partial charge in [0.1, 0.15) is 11.0 Å². The summed E-state index contributed by atoms with van der Waals surface area (Å²) >= 11 is 1.87. The third-order valence-electron chi connectivity index (χ3n) is 2.22.